The fraction of sp³-hybridized carbons (Fsp3) is 0.143. The topological polar surface area (TPSA) is 78.0 Å². The monoisotopic (exact) mass is 571 g/mol. The zero-order chi connectivity index (χ0) is 27.9. The Balaban J connectivity index is 1.69. The molecule has 0 radical (unpaired) electrons. The van der Waals surface area contributed by atoms with E-state index in [0.29, 0.717) is 45.3 Å². The summed E-state index contributed by atoms with van der Waals surface area (Å²) in [6.07, 6.45) is -0.893. The minimum Gasteiger partial charge on any atom is -0.443 e. The third-order valence-corrected chi connectivity index (χ3v) is 7.56. The van der Waals surface area contributed by atoms with Crippen molar-refractivity contribution in [2.45, 2.75) is 24.4 Å². The van der Waals surface area contributed by atoms with Crippen LogP contribution in [0.5, 0.6) is 0 Å². The summed E-state index contributed by atoms with van der Waals surface area (Å²) < 4.78 is 71.8. The van der Waals surface area contributed by atoms with Gasteiger partial charge < -0.3 is 8.98 Å². The number of halogens is 4. The Morgan fingerprint density at radius 1 is 1.00 bits per heavy atom. The molecule has 0 fully saturated rings. The van der Waals surface area contributed by atoms with Crippen LogP contribution in [0.15, 0.2) is 88.6 Å². The predicted molar refractivity (Wildman–Crippen MR) is 142 cm³/mol. The van der Waals surface area contributed by atoms with Crippen LogP contribution in [-0.2, 0) is 22.4 Å². The fourth-order valence-electron chi connectivity index (χ4n) is 4.28. The number of aryl methyl sites for hydroxylation is 1. The van der Waals surface area contributed by atoms with Crippen molar-refractivity contribution in [1.29, 1.82) is 0 Å². The minimum atomic E-state index is -4.62. The summed E-state index contributed by atoms with van der Waals surface area (Å²) in [5.74, 6) is 0.497. The molecule has 0 aliphatic heterocycles. The van der Waals surface area contributed by atoms with Gasteiger partial charge >= 0.3 is 6.18 Å². The first-order valence-corrected chi connectivity index (χ1v) is 13.9. The van der Waals surface area contributed by atoms with Gasteiger partial charge in [0.2, 0.25) is 0 Å². The molecule has 0 amide bonds. The lowest BCUT2D eigenvalue weighted by Gasteiger charge is -2.14. The smallest absolute Gasteiger partial charge is 0.434 e. The van der Waals surface area contributed by atoms with Gasteiger partial charge in [0, 0.05) is 29.5 Å². The van der Waals surface area contributed by atoms with E-state index in [0.717, 1.165) is 18.0 Å². The third kappa shape index (κ3) is 5.62. The SMILES string of the molecule is Cc1nc(C(F)(F)F)cn1-c1ccc(-c2cccc(S(C)(=O)=O)c2)cc1-c1ocnc1Cc1ccc(Cl)cc1. The molecule has 0 atom stereocenters. The zero-order valence-electron chi connectivity index (χ0n) is 20.7. The maximum atomic E-state index is 13.5. The zero-order valence-corrected chi connectivity index (χ0v) is 22.3. The van der Waals surface area contributed by atoms with Gasteiger partial charge in [0.1, 0.15) is 5.82 Å². The van der Waals surface area contributed by atoms with Gasteiger partial charge in [-0.05, 0) is 60.0 Å². The highest BCUT2D eigenvalue weighted by Crippen LogP contribution is 2.37. The summed E-state index contributed by atoms with van der Waals surface area (Å²) in [4.78, 5) is 8.24. The quantitative estimate of drug-likeness (QED) is 0.216. The Bertz CT molecular complexity index is 1780. The van der Waals surface area contributed by atoms with Gasteiger partial charge in [-0.1, -0.05) is 41.9 Å². The second-order valence-electron chi connectivity index (χ2n) is 9.00. The van der Waals surface area contributed by atoms with Crippen molar-refractivity contribution in [2.75, 3.05) is 6.26 Å². The lowest BCUT2D eigenvalue weighted by molar-refractivity contribution is -0.141. The van der Waals surface area contributed by atoms with Crippen molar-refractivity contribution in [3.8, 4) is 28.1 Å². The number of nitrogens with zero attached hydrogens (tertiary/aromatic N) is 3. The number of hydrogen-bond acceptors (Lipinski definition) is 5. The Morgan fingerprint density at radius 3 is 2.38 bits per heavy atom. The highest BCUT2D eigenvalue weighted by molar-refractivity contribution is 7.90. The van der Waals surface area contributed by atoms with Gasteiger partial charge in [-0.15, -0.1) is 0 Å². The number of sulfone groups is 1. The van der Waals surface area contributed by atoms with Crippen LogP contribution in [0.25, 0.3) is 28.1 Å². The molecule has 0 bridgehead atoms. The van der Waals surface area contributed by atoms with E-state index in [-0.39, 0.29) is 10.7 Å². The van der Waals surface area contributed by atoms with Crippen LogP contribution < -0.4 is 0 Å². The van der Waals surface area contributed by atoms with E-state index in [1.54, 1.807) is 48.5 Å². The second-order valence-corrected chi connectivity index (χ2v) is 11.5. The normalized spacial score (nSPS) is 12.2. The van der Waals surface area contributed by atoms with Gasteiger partial charge in [0.25, 0.3) is 0 Å². The van der Waals surface area contributed by atoms with Crippen molar-refractivity contribution >= 4 is 21.4 Å². The van der Waals surface area contributed by atoms with E-state index >= 15 is 0 Å². The summed E-state index contributed by atoms with van der Waals surface area (Å²) in [6.45, 7) is 1.48. The molecule has 6 nitrogen and oxygen atoms in total. The molecule has 5 aromatic rings. The molecule has 0 saturated carbocycles. The maximum absolute atomic E-state index is 13.5. The molecule has 200 valence electrons. The first kappa shape index (κ1) is 26.7. The van der Waals surface area contributed by atoms with Gasteiger partial charge in [-0.2, -0.15) is 13.2 Å². The van der Waals surface area contributed by atoms with Crippen LogP contribution in [0.3, 0.4) is 0 Å². The average Bonchev–Trinajstić information content (AvgIpc) is 3.51. The van der Waals surface area contributed by atoms with E-state index in [4.69, 9.17) is 16.0 Å². The van der Waals surface area contributed by atoms with Crippen LogP contribution in [-0.4, -0.2) is 29.2 Å². The maximum Gasteiger partial charge on any atom is 0.434 e. The number of imidazole rings is 1. The molecule has 2 aromatic heterocycles. The lowest BCUT2D eigenvalue weighted by atomic mass is 9.98. The Hall–Kier alpha value is -3.89. The van der Waals surface area contributed by atoms with Gasteiger partial charge in [0.05, 0.1) is 16.3 Å². The molecule has 0 unspecified atom stereocenters. The van der Waals surface area contributed by atoms with Crippen LogP contribution in [0.4, 0.5) is 13.2 Å². The summed E-state index contributed by atoms with van der Waals surface area (Å²) in [6, 6.07) is 18.8. The third-order valence-electron chi connectivity index (χ3n) is 6.19. The molecule has 39 heavy (non-hydrogen) atoms. The molecule has 2 heterocycles. The van der Waals surface area contributed by atoms with E-state index in [1.807, 2.05) is 12.1 Å². The average molecular weight is 572 g/mol. The number of hydrogen-bond donors (Lipinski definition) is 0. The van der Waals surface area contributed by atoms with Crippen LogP contribution >= 0.6 is 11.6 Å². The highest BCUT2D eigenvalue weighted by atomic mass is 35.5. The van der Waals surface area contributed by atoms with Crippen molar-refractivity contribution in [3.63, 3.8) is 0 Å². The molecule has 3 aromatic carbocycles. The summed E-state index contributed by atoms with van der Waals surface area (Å²) in [5, 5.41) is 0.585. The van der Waals surface area contributed by atoms with Crippen molar-refractivity contribution < 1.29 is 26.0 Å². The van der Waals surface area contributed by atoms with Crippen molar-refractivity contribution in [3.05, 3.63) is 107 Å². The summed E-state index contributed by atoms with van der Waals surface area (Å²) in [5.41, 5.74) is 2.57. The molecular formula is C28H21ClF3N3O3S. The molecule has 0 aliphatic carbocycles. The predicted octanol–water partition coefficient (Wildman–Crippen LogP) is 7.17. The molecule has 0 aliphatic rings. The van der Waals surface area contributed by atoms with Gasteiger partial charge in [0.15, 0.2) is 27.7 Å². The summed E-state index contributed by atoms with van der Waals surface area (Å²) in [7, 11) is -3.46. The number of rotatable bonds is 6. The Labute approximate surface area is 227 Å². The second kappa shape index (κ2) is 10.0. The largest absolute Gasteiger partial charge is 0.443 e. The van der Waals surface area contributed by atoms with Gasteiger partial charge in [-0.3, -0.25) is 0 Å². The van der Waals surface area contributed by atoms with Crippen LogP contribution in [0.1, 0.15) is 22.8 Å². The molecule has 0 N–H and O–H groups in total. The summed E-state index contributed by atoms with van der Waals surface area (Å²) >= 11 is 6.01. The Morgan fingerprint density at radius 2 is 1.72 bits per heavy atom. The number of alkyl halides is 3. The minimum absolute atomic E-state index is 0.133. The van der Waals surface area contributed by atoms with E-state index in [2.05, 4.69) is 9.97 Å². The van der Waals surface area contributed by atoms with Gasteiger partial charge in [-0.25, -0.2) is 18.4 Å². The molecule has 11 heteroatoms. The first-order valence-electron chi connectivity index (χ1n) is 11.7. The van der Waals surface area contributed by atoms with Crippen molar-refractivity contribution in [2.24, 2.45) is 0 Å². The number of oxazole rings is 1. The van der Waals surface area contributed by atoms with Crippen molar-refractivity contribution in [1.82, 2.24) is 14.5 Å². The molecule has 0 saturated heterocycles. The number of aromatic nitrogens is 3. The standard InChI is InChI=1S/C28H21ClF3N3O3S/c1-17-34-26(28(30,31)32)15-35(17)25-11-8-20(19-4-3-5-22(13-19)39(2,36)37)14-23(25)27-24(33-16-38-27)12-18-6-9-21(29)10-7-18/h3-11,13-16H,12H2,1-2H3. The number of benzene rings is 3. The molecule has 5 rings (SSSR count). The lowest BCUT2D eigenvalue weighted by Crippen LogP contribution is -2.05. The van der Waals surface area contributed by atoms with E-state index in [9.17, 15) is 21.6 Å². The van der Waals surface area contributed by atoms with E-state index < -0.39 is 21.7 Å². The van der Waals surface area contributed by atoms with Crippen LogP contribution in [0, 0.1) is 6.92 Å². The van der Waals surface area contributed by atoms with Crippen LogP contribution in [0.2, 0.25) is 5.02 Å². The Kier molecular flexibility index (Phi) is 6.86. The first-order chi connectivity index (χ1) is 18.4. The van der Waals surface area contributed by atoms with E-state index in [1.165, 1.54) is 24.0 Å². The molecular weight excluding hydrogens is 551 g/mol. The fourth-order valence-corrected chi connectivity index (χ4v) is 5.07. The highest BCUT2D eigenvalue weighted by Gasteiger charge is 2.35. The molecule has 0 spiro atoms.